The second kappa shape index (κ2) is 8.73. The second-order valence-corrected chi connectivity index (χ2v) is 5.79. The van der Waals surface area contributed by atoms with Crippen LogP contribution in [0.1, 0.15) is 59.8 Å². The van der Waals surface area contributed by atoms with Crippen LogP contribution in [0, 0.1) is 11.8 Å². The average molecular weight is 270 g/mol. The van der Waals surface area contributed by atoms with Crippen LogP contribution in [0.4, 0.5) is 0 Å². The minimum absolute atomic E-state index is 0.0740. The van der Waals surface area contributed by atoms with Crippen molar-refractivity contribution < 1.29 is 19.8 Å². The number of hydrogen-bond acceptors (Lipinski definition) is 2. The van der Waals surface area contributed by atoms with Gasteiger partial charge in [0, 0.05) is 11.1 Å². The van der Waals surface area contributed by atoms with E-state index < -0.39 is 11.9 Å². The van der Waals surface area contributed by atoms with Crippen LogP contribution in [0.3, 0.4) is 0 Å². The molecule has 0 amide bonds. The van der Waals surface area contributed by atoms with Gasteiger partial charge < -0.3 is 10.2 Å². The first-order chi connectivity index (χ1) is 8.75. The minimum atomic E-state index is -1.09. The van der Waals surface area contributed by atoms with Crippen LogP contribution in [0.15, 0.2) is 11.1 Å². The number of hydrogen-bond donors (Lipinski definition) is 2. The molecule has 0 saturated carbocycles. The first-order valence-electron chi connectivity index (χ1n) is 6.94. The fourth-order valence-electron chi connectivity index (χ4n) is 1.89. The van der Waals surface area contributed by atoms with E-state index in [0.717, 1.165) is 12.8 Å². The van der Waals surface area contributed by atoms with E-state index in [1.54, 1.807) is 0 Å². The van der Waals surface area contributed by atoms with E-state index in [1.165, 1.54) is 0 Å². The summed E-state index contributed by atoms with van der Waals surface area (Å²) in [4.78, 5) is 22.5. The summed E-state index contributed by atoms with van der Waals surface area (Å²) in [6.07, 6.45) is 3.00. The number of rotatable bonds is 9. The summed E-state index contributed by atoms with van der Waals surface area (Å²) in [5.41, 5.74) is 0.152. The van der Waals surface area contributed by atoms with Gasteiger partial charge >= 0.3 is 11.9 Å². The molecule has 19 heavy (non-hydrogen) atoms. The maximum absolute atomic E-state index is 11.2. The van der Waals surface area contributed by atoms with E-state index in [2.05, 4.69) is 13.8 Å². The molecule has 0 fully saturated rings. The molecule has 0 unspecified atom stereocenters. The third-order valence-corrected chi connectivity index (χ3v) is 3.06. The molecule has 0 aromatic carbocycles. The van der Waals surface area contributed by atoms with E-state index in [-0.39, 0.29) is 11.1 Å². The minimum Gasteiger partial charge on any atom is -0.478 e. The van der Waals surface area contributed by atoms with E-state index in [9.17, 15) is 19.8 Å². The van der Waals surface area contributed by atoms with Crippen LogP contribution >= 0.6 is 0 Å². The van der Waals surface area contributed by atoms with Gasteiger partial charge in [-0.15, -0.1) is 0 Å². The Balaban J connectivity index is 4.92. The Morgan fingerprint density at radius 3 is 1.58 bits per heavy atom. The second-order valence-electron chi connectivity index (χ2n) is 5.79. The van der Waals surface area contributed by atoms with E-state index >= 15 is 0 Å². The Bertz CT molecular complexity index is 340. The van der Waals surface area contributed by atoms with Gasteiger partial charge in [-0.3, -0.25) is 0 Å². The van der Waals surface area contributed by atoms with Crippen LogP contribution in [-0.2, 0) is 9.59 Å². The standard InChI is InChI=1S/C15H26O4/c1-10(2)6-5-7-12(14(16)17)13(15(18)19)9-8-11(3)4/h10-11H,5-9H2,1-4H3,(H,16,17)(H,18,19)/b13-12-. The Morgan fingerprint density at radius 2 is 1.21 bits per heavy atom. The van der Waals surface area contributed by atoms with Crippen molar-refractivity contribution >= 4 is 11.9 Å². The van der Waals surface area contributed by atoms with Crippen molar-refractivity contribution in [1.82, 2.24) is 0 Å². The zero-order valence-electron chi connectivity index (χ0n) is 12.4. The molecule has 0 aliphatic carbocycles. The SMILES string of the molecule is CC(C)CCC/C(C(=O)O)=C(\CCC(C)C)C(=O)O. The predicted molar refractivity (Wildman–Crippen MR) is 75.1 cm³/mol. The molecule has 0 aromatic heterocycles. The normalized spacial score (nSPS) is 12.7. The van der Waals surface area contributed by atoms with Crippen molar-refractivity contribution in [2.75, 3.05) is 0 Å². The fourth-order valence-corrected chi connectivity index (χ4v) is 1.89. The summed E-state index contributed by atoms with van der Waals surface area (Å²) in [5.74, 6) is -1.33. The van der Waals surface area contributed by atoms with Gasteiger partial charge in [-0.1, -0.05) is 34.1 Å². The summed E-state index contributed by atoms with van der Waals surface area (Å²) < 4.78 is 0. The lowest BCUT2D eigenvalue weighted by molar-refractivity contribution is -0.136. The zero-order chi connectivity index (χ0) is 15.0. The third-order valence-electron chi connectivity index (χ3n) is 3.06. The molecule has 110 valence electrons. The van der Waals surface area contributed by atoms with Crippen LogP contribution in [0.25, 0.3) is 0 Å². The van der Waals surface area contributed by atoms with Crippen molar-refractivity contribution in [3.05, 3.63) is 11.1 Å². The van der Waals surface area contributed by atoms with E-state index in [1.807, 2.05) is 13.8 Å². The molecule has 4 heteroatoms. The zero-order valence-corrected chi connectivity index (χ0v) is 12.4. The number of aliphatic carboxylic acids is 2. The van der Waals surface area contributed by atoms with Crippen LogP contribution in [0.2, 0.25) is 0 Å². The number of carboxylic acids is 2. The molecule has 0 atom stereocenters. The largest absolute Gasteiger partial charge is 0.478 e. The highest BCUT2D eigenvalue weighted by Gasteiger charge is 2.20. The molecule has 0 saturated heterocycles. The molecule has 0 aliphatic rings. The van der Waals surface area contributed by atoms with Crippen molar-refractivity contribution in [3.63, 3.8) is 0 Å². The van der Waals surface area contributed by atoms with Gasteiger partial charge in [0.1, 0.15) is 0 Å². The van der Waals surface area contributed by atoms with Crippen molar-refractivity contribution in [3.8, 4) is 0 Å². The molecule has 0 spiro atoms. The lowest BCUT2D eigenvalue weighted by Crippen LogP contribution is -2.12. The van der Waals surface area contributed by atoms with Crippen molar-refractivity contribution in [2.24, 2.45) is 11.8 Å². The fraction of sp³-hybridized carbons (Fsp3) is 0.733. The summed E-state index contributed by atoms with van der Waals surface area (Å²) >= 11 is 0. The first kappa shape index (κ1) is 17.7. The lowest BCUT2D eigenvalue weighted by atomic mass is 9.94. The summed E-state index contributed by atoms with van der Waals surface area (Å²) in [6.45, 7) is 8.14. The van der Waals surface area contributed by atoms with Crippen molar-refractivity contribution in [2.45, 2.75) is 59.8 Å². The van der Waals surface area contributed by atoms with Gasteiger partial charge in [0.25, 0.3) is 0 Å². The Morgan fingerprint density at radius 1 is 0.789 bits per heavy atom. The van der Waals surface area contributed by atoms with E-state index in [4.69, 9.17) is 0 Å². The molecule has 0 aromatic rings. The van der Waals surface area contributed by atoms with Crippen LogP contribution in [0.5, 0.6) is 0 Å². The Hall–Kier alpha value is -1.32. The van der Waals surface area contributed by atoms with Gasteiger partial charge in [-0.2, -0.15) is 0 Å². The van der Waals surface area contributed by atoms with Gasteiger partial charge in [-0.25, -0.2) is 9.59 Å². The number of carboxylic acid groups (broad SMARTS) is 2. The molecular weight excluding hydrogens is 244 g/mol. The maximum atomic E-state index is 11.2. The molecule has 2 N–H and O–H groups in total. The van der Waals surface area contributed by atoms with Gasteiger partial charge in [-0.05, 0) is 37.5 Å². The molecular formula is C15H26O4. The lowest BCUT2D eigenvalue weighted by Gasteiger charge is -2.11. The summed E-state index contributed by atoms with van der Waals surface area (Å²) in [6, 6.07) is 0. The summed E-state index contributed by atoms with van der Waals surface area (Å²) in [7, 11) is 0. The summed E-state index contributed by atoms with van der Waals surface area (Å²) in [5, 5.41) is 18.4. The topological polar surface area (TPSA) is 74.6 Å². The smallest absolute Gasteiger partial charge is 0.332 e. The van der Waals surface area contributed by atoms with Gasteiger partial charge in [0.2, 0.25) is 0 Å². The number of carbonyl (C=O) groups is 2. The molecule has 0 aliphatic heterocycles. The molecule has 0 heterocycles. The van der Waals surface area contributed by atoms with Gasteiger partial charge in [0.05, 0.1) is 0 Å². The van der Waals surface area contributed by atoms with Crippen LogP contribution < -0.4 is 0 Å². The first-order valence-corrected chi connectivity index (χ1v) is 6.94. The molecule has 0 rings (SSSR count). The van der Waals surface area contributed by atoms with Crippen molar-refractivity contribution in [1.29, 1.82) is 0 Å². The highest BCUT2D eigenvalue weighted by Crippen LogP contribution is 2.21. The van der Waals surface area contributed by atoms with E-state index in [0.29, 0.717) is 31.1 Å². The predicted octanol–water partition coefficient (Wildman–Crippen LogP) is 3.71. The molecule has 4 nitrogen and oxygen atoms in total. The quantitative estimate of drug-likeness (QED) is 0.626. The third kappa shape index (κ3) is 7.65. The molecule has 0 radical (unpaired) electrons. The Kier molecular flexibility index (Phi) is 8.12. The van der Waals surface area contributed by atoms with Gasteiger partial charge in [0.15, 0.2) is 0 Å². The van der Waals surface area contributed by atoms with Crippen LogP contribution in [-0.4, -0.2) is 22.2 Å². The molecule has 0 bridgehead atoms. The monoisotopic (exact) mass is 270 g/mol. The highest BCUT2D eigenvalue weighted by atomic mass is 16.4. The highest BCUT2D eigenvalue weighted by molar-refractivity contribution is 5.98. The average Bonchev–Trinajstić information content (AvgIpc) is 2.25. The maximum Gasteiger partial charge on any atom is 0.332 e. The Labute approximate surface area is 115 Å².